The molecule has 0 bridgehead atoms. The Kier molecular flexibility index (Phi) is 9.49. The number of ether oxygens (including phenoxy) is 2. The van der Waals surface area contributed by atoms with E-state index in [0.717, 1.165) is 45.3 Å². The summed E-state index contributed by atoms with van der Waals surface area (Å²) in [7, 11) is 0. The lowest BCUT2D eigenvalue weighted by atomic mass is 9.84. The fourth-order valence-corrected chi connectivity index (χ4v) is 5.56. The third kappa shape index (κ3) is 7.72. The van der Waals surface area contributed by atoms with Crippen LogP contribution in [0.2, 0.25) is 0 Å². The molecule has 0 saturated carbocycles. The van der Waals surface area contributed by atoms with E-state index >= 15 is 0 Å². The number of hydrogen-bond acceptors (Lipinski definition) is 6. The average Bonchev–Trinajstić information content (AvgIpc) is 2.92. The minimum absolute atomic E-state index is 0.0264. The zero-order chi connectivity index (χ0) is 28.0. The summed E-state index contributed by atoms with van der Waals surface area (Å²) >= 11 is 0. The fourth-order valence-electron chi connectivity index (χ4n) is 5.56. The third-order valence-corrected chi connectivity index (χ3v) is 8.00. The maximum atomic E-state index is 12.9. The zero-order valence-corrected chi connectivity index (χ0v) is 23.9. The van der Waals surface area contributed by atoms with Crippen LogP contribution >= 0.6 is 0 Å². The van der Waals surface area contributed by atoms with E-state index in [1.54, 1.807) is 19.1 Å². The number of nitro groups is 1. The standard InChI is InChI=1S/C31H43N3O5/c1-5-38-29-22-27(10-11-28(29)34(36)37)39-26-14-20-33(21-15-26)30(35)16-19-32-17-12-24(13-18-32)23-6-8-25(9-7-23)31(2,3)4/h6-11,22,24,26H,5,12-21H2,1-4H3. The number of carbonyl (C=O) groups excluding carboxylic acids is 1. The summed E-state index contributed by atoms with van der Waals surface area (Å²) in [5.74, 6) is 1.59. The molecule has 2 aromatic rings. The van der Waals surface area contributed by atoms with Gasteiger partial charge in [-0.3, -0.25) is 14.9 Å². The van der Waals surface area contributed by atoms with Crippen molar-refractivity contribution in [2.75, 3.05) is 39.3 Å². The van der Waals surface area contributed by atoms with Crippen molar-refractivity contribution < 1.29 is 19.2 Å². The van der Waals surface area contributed by atoms with Crippen molar-refractivity contribution in [2.24, 2.45) is 0 Å². The summed E-state index contributed by atoms with van der Waals surface area (Å²) < 4.78 is 11.5. The Hall–Kier alpha value is -3.13. The quantitative estimate of drug-likeness (QED) is 0.291. The topological polar surface area (TPSA) is 85.2 Å². The van der Waals surface area contributed by atoms with E-state index in [4.69, 9.17) is 9.47 Å². The maximum absolute atomic E-state index is 12.9. The van der Waals surface area contributed by atoms with Crippen LogP contribution in [0.5, 0.6) is 11.5 Å². The van der Waals surface area contributed by atoms with Crippen molar-refractivity contribution in [3.8, 4) is 11.5 Å². The Labute approximate surface area is 232 Å². The number of piperidine rings is 2. The molecule has 2 aliphatic rings. The van der Waals surface area contributed by atoms with Crippen LogP contribution < -0.4 is 9.47 Å². The Morgan fingerprint density at radius 3 is 2.26 bits per heavy atom. The average molecular weight is 538 g/mol. The van der Waals surface area contributed by atoms with Gasteiger partial charge in [-0.05, 0) is 61.4 Å². The van der Waals surface area contributed by atoms with Crippen molar-refractivity contribution in [3.63, 3.8) is 0 Å². The molecule has 4 rings (SSSR count). The van der Waals surface area contributed by atoms with Gasteiger partial charge in [-0.1, -0.05) is 45.0 Å². The van der Waals surface area contributed by atoms with Gasteiger partial charge in [-0.25, -0.2) is 0 Å². The predicted octanol–water partition coefficient (Wildman–Crippen LogP) is 5.93. The molecule has 0 aliphatic carbocycles. The SMILES string of the molecule is CCOc1cc(OC2CCN(C(=O)CCN3CCC(c4ccc(C(C)(C)C)cc4)CC3)CC2)ccc1[N+](=O)[O-]. The van der Waals surface area contributed by atoms with Gasteiger partial charge in [-0.15, -0.1) is 0 Å². The van der Waals surface area contributed by atoms with Gasteiger partial charge in [-0.2, -0.15) is 0 Å². The second-order valence-electron chi connectivity index (χ2n) is 11.8. The van der Waals surface area contributed by atoms with Gasteiger partial charge >= 0.3 is 5.69 Å². The van der Waals surface area contributed by atoms with Crippen LogP contribution in [-0.4, -0.2) is 66.1 Å². The van der Waals surface area contributed by atoms with Crippen molar-refractivity contribution in [2.45, 2.75) is 77.2 Å². The van der Waals surface area contributed by atoms with Crippen molar-refractivity contribution >= 4 is 11.6 Å². The molecule has 2 saturated heterocycles. The number of carbonyl (C=O) groups is 1. The first-order valence-corrected chi connectivity index (χ1v) is 14.3. The zero-order valence-electron chi connectivity index (χ0n) is 23.9. The largest absolute Gasteiger partial charge is 0.490 e. The smallest absolute Gasteiger partial charge is 0.311 e. The molecule has 0 spiro atoms. The Morgan fingerprint density at radius 1 is 1.00 bits per heavy atom. The van der Waals surface area contributed by atoms with Gasteiger partial charge in [0.15, 0.2) is 0 Å². The van der Waals surface area contributed by atoms with Crippen LogP contribution in [0.3, 0.4) is 0 Å². The summed E-state index contributed by atoms with van der Waals surface area (Å²) in [6.07, 6.45) is 4.29. The van der Waals surface area contributed by atoms with Crippen molar-refractivity contribution in [1.82, 2.24) is 9.80 Å². The Morgan fingerprint density at radius 2 is 1.67 bits per heavy atom. The number of nitrogens with zero attached hydrogens (tertiary/aromatic N) is 3. The Balaban J connectivity index is 1.17. The molecule has 8 nitrogen and oxygen atoms in total. The molecule has 0 N–H and O–H groups in total. The molecular weight excluding hydrogens is 494 g/mol. The summed E-state index contributed by atoms with van der Waals surface area (Å²) in [6.45, 7) is 13.1. The van der Waals surface area contributed by atoms with Crippen LogP contribution in [0, 0.1) is 10.1 Å². The molecule has 0 radical (unpaired) electrons. The first-order chi connectivity index (χ1) is 18.6. The summed E-state index contributed by atoms with van der Waals surface area (Å²) in [4.78, 5) is 28.0. The first-order valence-electron chi connectivity index (χ1n) is 14.3. The van der Waals surface area contributed by atoms with Crippen LogP contribution in [0.15, 0.2) is 42.5 Å². The monoisotopic (exact) mass is 537 g/mol. The van der Waals surface area contributed by atoms with Crippen LogP contribution in [0.4, 0.5) is 5.69 Å². The van der Waals surface area contributed by atoms with Gasteiger partial charge in [0, 0.05) is 51.0 Å². The van der Waals surface area contributed by atoms with Gasteiger partial charge in [0.05, 0.1) is 11.5 Å². The second-order valence-corrected chi connectivity index (χ2v) is 11.8. The number of likely N-dealkylation sites (tertiary alicyclic amines) is 2. The van der Waals surface area contributed by atoms with E-state index < -0.39 is 4.92 Å². The molecule has 1 amide bonds. The summed E-state index contributed by atoms with van der Waals surface area (Å²) in [6, 6.07) is 13.8. The van der Waals surface area contributed by atoms with E-state index in [-0.39, 0.29) is 28.9 Å². The normalized spacial score (nSPS) is 17.7. The second kappa shape index (κ2) is 12.8. The molecule has 0 atom stereocenters. The van der Waals surface area contributed by atoms with Crippen LogP contribution in [0.1, 0.15) is 76.8 Å². The first kappa shape index (κ1) is 28.9. The molecule has 0 aromatic heterocycles. The number of benzene rings is 2. The predicted molar refractivity (Wildman–Crippen MR) is 153 cm³/mol. The minimum Gasteiger partial charge on any atom is -0.490 e. The summed E-state index contributed by atoms with van der Waals surface area (Å²) in [5, 5.41) is 11.2. The molecule has 39 heavy (non-hydrogen) atoms. The van der Waals surface area contributed by atoms with Gasteiger partial charge < -0.3 is 19.3 Å². The molecular formula is C31H43N3O5. The van der Waals surface area contributed by atoms with Crippen LogP contribution in [0.25, 0.3) is 0 Å². The molecule has 0 unspecified atom stereocenters. The molecule has 2 aromatic carbocycles. The van der Waals surface area contributed by atoms with E-state index in [1.165, 1.54) is 17.2 Å². The summed E-state index contributed by atoms with van der Waals surface area (Å²) in [5.41, 5.74) is 2.92. The molecule has 212 valence electrons. The highest BCUT2D eigenvalue weighted by Gasteiger charge is 2.26. The highest BCUT2D eigenvalue weighted by Crippen LogP contribution is 2.33. The van der Waals surface area contributed by atoms with E-state index in [0.29, 0.717) is 37.8 Å². The van der Waals surface area contributed by atoms with Crippen molar-refractivity contribution in [1.29, 1.82) is 0 Å². The van der Waals surface area contributed by atoms with Gasteiger partial charge in [0.25, 0.3) is 0 Å². The highest BCUT2D eigenvalue weighted by atomic mass is 16.6. The number of hydrogen-bond donors (Lipinski definition) is 0. The van der Waals surface area contributed by atoms with Crippen LogP contribution in [-0.2, 0) is 10.2 Å². The van der Waals surface area contributed by atoms with Gasteiger partial charge in [0.2, 0.25) is 11.7 Å². The molecule has 8 heteroatoms. The highest BCUT2D eigenvalue weighted by molar-refractivity contribution is 5.76. The Bertz CT molecular complexity index is 1110. The number of nitro benzene ring substituents is 1. The molecule has 2 fully saturated rings. The minimum atomic E-state index is -0.452. The maximum Gasteiger partial charge on any atom is 0.311 e. The third-order valence-electron chi connectivity index (χ3n) is 8.00. The lowest BCUT2D eigenvalue weighted by Gasteiger charge is -2.34. The van der Waals surface area contributed by atoms with Gasteiger partial charge in [0.1, 0.15) is 11.9 Å². The number of rotatable bonds is 9. The fraction of sp³-hybridized carbons (Fsp3) is 0.581. The van der Waals surface area contributed by atoms with E-state index in [9.17, 15) is 14.9 Å². The lowest BCUT2D eigenvalue weighted by Crippen LogP contribution is -2.43. The molecule has 2 heterocycles. The van der Waals surface area contributed by atoms with Crippen molar-refractivity contribution in [3.05, 3.63) is 63.7 Å². The molecule has 2 aliphatic heterocycles. The van der Waals surface area contributed by atoms with E-state index in [2.05, 4.69) is 49.9 Å². The lowest BCUT2D eigenvalue weighted by molar-refractivity contribution is -0.385. The van der Waals surface area contributed by atoms with E-state index in [1.807, 2.05) is 4.90 Å². The number of amides is 1.